The summed E-state index contributed by atoms with van der Waals surface area (Å²) in [5, 5.41) is 3.61. The zero-order valence-corrected chi connectivity index (χ0v) is 11.1. The molecule has 0 heterocycles. The summed E-state index contributed by atoms with van der Waals surface area (Å²) in [5.74, 6) is 0. The summed E-state index contributed by atoms with van der Waals surface area (Å²) in [6, 6.07) is 0. The van der Waals surface area contributed by atoms with Crippen LogP contribution in [-0.2, 0) is 0 Å². The van der Waals surface area contributed by atoms with Gasteiger partial charge in [0.2, 0.25) is 0 Å². The van der Waals surface area contributed by atoms with Crippen LogP contribution in [0.1, 0.15) is 41.0 Å². The lowest BCUT2D eigenvalue weighted by atomic mass is 9.82. The third kappa shape index (κ3) is 8.52. The lowest BCUT2D eigenvalue weighted by Gasteiger charge is -2.33. The van der Waals surface area contributed by atoms with E-state index in [0.29, 0.717) is 5.41 Å². The number of likely N-dealkylation sites (N-methyl/N-ethyl adjacent to an activating group) is 1. The molecule has 0 saturated carbocycles. The lowest BCUT2D eigenvalue weighted by molar-refractivity contribution is 0.235. The van der Waals surface area contributed by atoms with E-state index in [1.165, 1.54) is 6.42 Å². The van der Waals surface area contributed by atoms with Gasteiger partial charge in [-0.25, -0.2) is 0 Å². The molecule has 0 atom stereocenters. The molecule has 0 unspecified atom stereocenters. The Balaban J connectivity index is 3.84. The first-order valence-electron chi connectivity index (χ1n) is 5.52. The van der Waals surface area contributed by atoms with Crippen molar-refractivity contribution in [3.05, 3.63) is 0 Å². The maximum Gasteiger partial charge on any atom is 0.0130 e. The fourth-order valence-corrected chi connectivity index (χ4v) is 2.01. The van der Waals surface area contributed by atoms with E-state index in [1.54, 1.807) is 0 Å². The van der Waals surface area contributed by atoms with Gasteiger partial charge in [-0.1, -0.05) is 20.8 Å². The predicted octanol–water partition coefficient (Wildman–Crippen LogP) is 2.35. The molecule has 0 saturated heterocycles. The highest BCUT2D eigenvalue weighted by molar-refractivity contribution is 4.83. The number of rotatable bonds is 5. The number of hydrogen-bond donors (Lipinski definition) is 1. The average molecular weight is 200 g/mol. The number of hydrogen-bond acceptors (Lipinski definition) is 2. The molecule has 0 rings (SSSR count). The van der Waals surface area contributed by atoms with Crippen LogP contribution in [0.15, 0.2) is 0 Å². The highest BCUT2D eigenvalue weighted by Crippen LogP contribution is 2.26. The zero-order chi connectivity index (χ0) is 11.4. The molecule has 86 valence electrons. The molecule has 0 aromatic rings. The Morgan fingerprint density at radius 2 is 1.50 bits per heavy atom. The fourth-order valence-electron chi connectivity index (χ4n) is 2.01. The summed E-state index contributed by atoms with van der Waals surface area (Å²) >= 11 is 0. The van der Waals surface area contributed by atoms with Gasteiger partial charge in [-0.2, -0.15) is 0 Å². The summed E-state index contributed by atoms with van der Waals surface area (Å²) in [4.78, 5) is 2.21. The van der Waals surface area contributed by atoms with Crippen LogP contribution in [0.25, 0.3) is 0 Å². The standard InChI is InChI=1S/C12H28N2/c1-11(2,3)10-12(4,5)13-8-9-14(6)7/h13H,8-10H2,1-7H3. The van der Waals surface area contributed by atoms with Crippen LogP contribution >= 0.6 is 0 Å². The minimum Gasteiger partial charge on any atom is -0.311 e. The molecular weight excluding hydrogens is 172 g/mol. The largest absolute Gasteiger partial charge is 0.311 e. The second kappa shape index (κ2) is 5.13. The van der Waals surface area contributed by atoms with Gasteiger partial charge >= 0.3 is 0 Å². The molecule has 0 spiro atoms. The van der Waals surface area contributed by atoms with Crippen molar-refractivity contribution >= 4 is 0 Å². The van der Waals surface area contributed by atoms with Crippen LogP contribution < -0.4 is 5.32 Å². The van der Waals surface area contributed by atoms with Crippen molar-refractivity contribution in [1.82, 2.24) is 10.2 Å². The van der Waals surface area contributed by atoms with Crippen LogP contribution in [0.5, 0.6) is 0 Å². The second-order valence-electron chi connectivity index (χ2n) is 6.35. The van der Waals surface area contributed by atoms with Gasteiger partial charge in [0.15, 0.2) is 0 Å². The molecule has 2 heteroatoms. The van der Waals surface area contributed by atoms with Gasteiger partial charge in [0.25, 0.3) is 0 Å². The molecule has 1 N–H and O–H groups in total. The van der Waals surface area contributed by atoms with Crippen LogP contribution in [0.3, 0.4) is 0 Å². The molecule has 0 aliphatic rings. The molecular formula is C12H28N2. The maximum atomic E-state index is 3.61. The Labute approximate surface area is 90.1 Å². The van der Waals surface area contributed by atoms with Gasteiger partial charge in [-0.05, 0) is 39.8 Å². The van der Waals surface area contributed by atoms with Crippen molar-refractivity contribution < 1.29 is 0 Å². The third-order valence-electron chi connectivity index (χ3n) is 2.13. The Kier molecular flexibility index (Phi) is 5.10. The smallest absolute Gasteiger partial charge is 0.0130 e. The Morgan fingerprint density at radius 3 is 1.86 bits per heavy atom. The molecule has 0 bridgehead atoms. The van der Waals surface area contributed by atoms with Gasteiger partial charge in [0, 0.05) is 18.6 Å². The van der Waals surface area contributed by atoms with Crippen molar-refractivity contribution in [3.63, 3.8) is 0 Å². The minimum absolute atomic E-state index is 0.244. The highest BCUT2D eigenvalue weighted by atomic mass is 15.1. The first-order valence-corrected chi connectivity index (χ1v) is 5.52. The highest BCUT2D eigenvalue weighted by Gasteiger charge is 2.24. The molecule has 0 radical (unpaired) electrons. The fraction of sp³-hybridized carbons (Fsp3) is 1.00. The van der Waals surface area contributed by atoms with Crippen molar-refractivity contribution in [2.45, 2.75) is 46.6 Å². The van der Waals surface area contributed by atoms with Crippen molar-refractivity contribution in [2.24, 2.45) is 5.41 Å². The first kappa shape index (κ1) is 13.9. The quantitative estimate of drug-likeness (QED) is 0.733. The summed E-state index contributed by atoms with van der Waals surface area (Å²) in [6.45, 7) is 13.6. The Bertz CT molecular complexity index is 154. The Hall–Kier alpha value is -0.0800. The van der Waals surface area contributed by atoms with Gasteiger partial charge in [0.1, 0.15) is 0 Å². The van der Waals surface area contributed by atoms with Crippen LogP contribution in [0.4, 0.5) is 0 Å². The number of nitrogens with one attached hydrogen (secondary N) is 1. The van der Waals surface area contributed by atoms with E-state index in [1.807, 2.05) is 0 Å². The minimum atomic E-state index is 0.244. The van der Waals surface area contributed by atoms with Gasteiger partial charge in [-0.15, -0.1) is 0 Å². The molecule has 0 aliphatic heterocycles. The van der Waals surface area contributed by atoms with Crippen molar-refractivity contribution in [1.29, 1.82) is 0 Å². The van der Waals surface area contributed by atoms with E-state index in [-0.39, 0.29) is 5.54 Å². The normalized spacial score (nSPS) is 13.7. The van der Waals surface area contributed by atoms with E-state index in [0.717, 1.165) is 13.1 Å². The summed E-state index contributed by atoms with van der Waals surface area (Å²) in [7, 11) is 4.22. The average Bonchev–Trinajstić information content (AvgIpc) is 1.78. The first-order chi connectivity index (χ1) is 6.12. The lowest BCUT2D eigenvalue weighted by Crippen LogP contribution is -2.44. The van der Waals surface area contributed by atoms with E-state index in [9.17, 15) is 0 Å². The van der Waals surface area contributed by atoms with Crippen molar-refractivity contribution in [3.8, 4) is 0 Å². The molecule has 0 aliphatic carbocycles. The second-order valence-corrected chi connectivity index (χ2v) is 6.35. The molecule has 0 aromatic heterocycles. The maximum absolute atomic E-state index is 3.61. The molecule has 2 nitrogen and oxygen atoms in total. The molecule has 0 fully saturated rings. The van der Waals surface area contributed by atoms with E-state index in [2.05, 4.69) is 58.9 Å². The van der Waals surface area contributed by atoms with Gasteiger partial charge in [-0.3, -0.25) is 0 Å². The van der Waals surface area contributed by atoms with Gasteiger partial charge in [0.05, 0.1) is 0 Å². The Morgan fingerprint density at radius 1 is 1.00 bits per heavy atom. The topological polar surface area (TPSA) is 15.3 Å². The molecule has 14 heavy (non-hydrogen) atoms. The third-order valence-corrected chi connectivity index (χ3v) is 2.13. The number of nitrogens with zero attached hydrogens (tertiary/aromatic N) is 1. The van der Waals surface area contributed by atoms with Crippen LogP contribution in [0, 0.1) is 5.41 Å². The zero-order valence-electron chi connectivity index (χ0n) is 11.1. The summed E-state index contributed by atoms with van der Waals surface area (Å²) in [6.07, 6.45) is 1.20. The monoisotopic (exact) mass is 200 g/mol. The van der Waals surface area contributed by atoms with E-state index in [4.69, 9.17) is 0 Å². The van der Waals surface area contributed by atoms with E-state index < -0.39 is 0 Å². The van der Waals surface area contributed by atoms with E-state index >= 15 is 0 Å². The molecule has 0 aromatic carbocycles. The van der Waals surface area contributed by atoms with Gasteiger partial charge < -0.3 is 10.2 Å². The SMILES string of the molecule is CN(C)CCNC(C)(C)CC(C)(C)C. The molecule has 0 amide bonds. The summed E-state index contributed by atoms with van der Waals surface area (Å²) in [5.41, 5.74) is 0.642. The summed E-state index contributed by atoms with van der Waals surface area (Å²) < 4.78 is 0. The predicted molar refractivity (Wildman–Crippen MR) is 64.7 cm³/mol. The van der Waals surface area contributed by atoms with Crippen molar-refractivity contribution in [2.75, 3.05) is 27.2 Å². The van der Waals surface area contributed by atoms with Crippen LogP contribution in [0.2, 0.25) is 0 Å². The van der Waals surface area contributed by atoms with Crippen LogP contribution in [-0.4, -0.2) is 37.6 Å².